The van der Waals surface area contributed by atoms with Gasteiger partial charge in [0.1, 0.15) is 17.8 Å². The fourth-order valence-electron chi connectivity index (χ4n) is 6.03. The van der Waals surface area contributed by atoms with Crippen LogP contribution in [0.4, 0.5) is 0 Å². The Labute approximate surface area is 242 Å². The Bertz CT molecular complexity index is 1430. The van der Waals surface area contributed by atoms with Crippen LogP contribution in [0.2, 0.25) is 0 Å². The summed E-state index contributed by atoms with van der Waals surface area (Å²) in [4.78, 5) is 44.1. The van der Waals surface area contributed by atoms with Gasteiger partial charge in [-0.2, -0.15) is 0 Å². The van der Waals surface area contributed by atoms with Crippen LogP contribution in [0.25, 0.3) is 0 Å². The number of carbonyl (C=O) groups excluding carboxylic acids is 2. The Balaban J connectivity index is 1.41. The van der Waals surface area contributed by atoms with Crippen molar-refractivity contribution >= 4 is 36.3 Å². The molecule has 3 unspecified atom stereocenters. The lowest BCUT2D eigenvalue weighted by Crippen LogP contribution is -2.78. The van der Waals surface area contributed by atoms with Gasteiger partial charge in [0.15, 0.2) is 17.6 Å². The van der Waals surface area contributed by atoms with Gasteiger partial charge in [0.05, 0.1) is 18.2 Å². The molecule has 4 heterocycles. The van der Waals surface area contributed by atoms with E-state index in [-0.39, 0.29) is 41.8 Å². The van der Waals surface area contributed by atoms with E-state index in [2.05, 4.69) is 56.5 Å². The number of carbonyl (C=O) groups is 2. The average Bonchev–Trinajstić information content (AvgIpc) is 3.41. The Morgan fingerprint density at radius 3 is 2.79 bits per heavy atom. The van der Waals surface area contributed by atoms with Crippen molar-refractivity contribution in [3.05, 3.63) is 41.6 Å². The molecule has 1 spiro atoms. The van der Waals surface area contributed by atoms with E-state index in [1.54, 1.807) is 25.1 Å². The van der Waals surface area contributed by atoms with Crippen molar-refractivity contribution in [3.63, 3.8) is 0 Å². The summed E-state index contributed by atoms with van der Waals surface area (Å²) in [6.45, 7) is 9.48. The third-order valence-corrected chi connectivity index (χ3v) is 8.24. The van der Waals surface area contributed by atoms with Crippen LogP contribution < -0.4 is 32.2 Å². The minimum Gasteiger partial charge on any atom is -0.492 e. The molecule has 1 aromatic rings. The first kappa shape index (κ1) is 29.0. The van der Waals surface area contributed by atoms with Crippen LogP contribution in [-0.4, -0.2) is 101 Å². The van der Waals surface area contributed by atoms with Crippen molar-refractivity contribution in [3.8, 4) is 5.75 Å². The molecule has 0 aliphatic carbocycles. The van der Waals surface area contributed by atoms with Crippen LogP contribution in [0.15, 0.2) is 50.4 Å². The molecular formula is C27H36N10O5. The van der Waals surface area contributed by atoms with Gasteiger partial charge in [-0.1, -0.05) is 32.1 Å². The van der Waals surface area contributed by atoms with Crippen molar-refractivity contribution in [2.45, 2.75) is 62.2 Å². The highest BCUT2D eigenvalue weighted by molar-refractivity contribution is 6.39. The first-order chi connectivity index (χ1) is 19.9. The number of para-hydroxylation sites is 1. The number of nitrogens with one attached hydrogen (secondary N) is 3. The topological polar surface area (TPSA) is 225 Å². The number of nitrogens with zero attached hydrogens (tertiary/aromatic N) is 5. The molecule has 42 heavy (non-hydrogen) atoms. The smallest absolute Gasteiger partial charge is 0.289 e. The Kier molecular flexibility index (Phi) is 7.18. The fraction of sp³-hybridized carbons (Fsp3) is 0.481. The maximum atomic E-state index is 13.6. The molecule has 15 heteroatoms. The van der Waals surface area contributed by atoms with Gasteiger partial charge in [-0.05, 0) is 31.5 Å². The zero-order valence-corrected chi connectivity index (χ0v) is 23.7. The Morgan fingerprint density at radius 1 is 1.31 bits per heavy atom. The van der Waals surface area contributed by atoms with Crippen LogP contribution in [0.3, 0.4) is 0 Å². The maximum Gasteiger partial charge on any atom is 0.289 e. The molecule has 4 aliphatic rings. The lowest BCUT2D eigenvalue weighted by atomic mass is 9.79. The molecule has 0 bridgehead atoms. The van der Waals surface area contributed by atoms with Crippen LogP contribution in [0.1, 0.15) is 43.1 Å². The molecule has 2 amide bonds. The number of hydrogen-bond donors (Lipinski definition) is 7. The van der Waals surface area contributed by atoms with E-state index >= 15 is 0 Å². The second-order valence-corrected chi connectivity index (χ2v) is 11.2. The third kappa shape index (κ3) is 4.44. The molecule has 224 valence electrons. The monoisotopic (exact) mass is 580 g/mol. The zero-order chi connectivity index (χ0) is 30.4. The predicted molar refractivity (Wildman–Crippen MR) is 156 cm³/mol. The number of fused-ring (bicyclic) bond motifs is 1. The maximum absolute atomic E-state index is 13.6. The average molecular weight is 581 g/mol. The first-order valence-corrected chi connectivity index (χ1v) is 13.6. The number of amidine groups is 1. The molecule has 1 fully saturated rings. The summed E-state index contributed by atoms with van der Waals surface area (Å²) in [6, 6.07) is 2.20. The molecule has 15 nitrogen and oxygen atoms in total. The summed E-state index contributed by atoms with van der Waals surface area (Å²) < 4.78 is 5.89. The number of benzene rings is 1. The van der Waals surface area contributed by atoms with E-state index in [1.807, 2.05) is 6.07 Å². The Morgan fingerprint density at radius 2 is 2.07 bits per heavy atom. The highest BCUT2D eigenvalue weighted by Gasteiger charge is 2.73. The van der Waals surface area contributed by atoms with Crippen molar-refractivity contribution in [1.82, 2.24) is 20.9 Å². The molecule has 1 aromatic carbocycles. The van der Waals surface area contributed by atoms with E-state index < -0.39 is 41.4 Å². The van der Waals surface area contributed by atoms with Crippen LogP contribution >= 0.6 is 0 Å². The van der Waals surface area contributed by atoms with Gasteiger partial charge in [0, 0.05) is 24.9 Å². The molecule has 9 N–H and O–H groups in total. The van der Waals surface area contributed by atoms with Gasteiger partial charge in [-0.3, -0.25) is 9.59 Å². The SMILES string of the molecule is C=NC(=N/C=C\C)C(=O)NC[C@@H]1N=C(N)N2CC(NC(=O)c3cccc4c3OCCC4(C)C)C(O)(O)C23NC(N)=NC13. The third-order valence-electron chi connectivity index (χ3n) is 8.24. The minimum atomic E-state index is -2.64. The minimum absolute atomic E-state index is 0.0565. The number of rotatable bonds is 5. The number of hydrogen-bond acceptors (Lipinski definition) is 12. The second-order valence-electron chi connectivity index (χ2n) is 11.2. The van der Waals surface area contributed by atoms with Crippen molar-refractivity contribution in [2.75, 3.05) is 19.7 Å². The van der Waals surface area contributed by atoms with Gasteiger partial charge in [-0.25, -0.2) is 20.0 Å². The molecule has 5 rings (SSSR count). The zero-order valence-electron chi connectivity index (χ0n) is 23.7. The summed E-state index contributed by atoms with van der Waals surface area (Å²) in [5.41, 5.74) is 11.6. The first-order valence-electron chi connectivity index (χ1n) is 13.6. The standard InChI is InChI=1S/C27H36N10O5/c1-5-10-31-20(30-4)22(39)32-12-16-19-26(36-23(28)35-19)27(40,41)17(13-37(26)24(29)33-16)34-21(38)14-7-6-8-15-18(14)42-11-9-25(15,2)3/h5-8,10,16-17,19,40-41H,4,9,11-13H2,1-3H3,(H2,29,33)(H,32,39)(H,34,38)(H3,28,35,36)/b10-5-,31-20?/t16-,17?,19?,26?/m0/s1. The van der Waals surface area contributed by atoms with E-state index in [0.717, 1.165) is 12.0 Å². The van der Waals surface area contributed by atoms with Crippen molar-refractivity contribution < 1.29 is 24.5 Å². The number of aliphatic imine (C=N–C) groups is 4. The van der Waals surface area contributed by atoms with Crippen LogP contribution in [-0.2, 0) is 10.2 Å². The summed E-state index contributed by atoms with van der Waals surface area (Å²) in [5, 5.41) is 31.7. The van der Waals surface area contributed by atoms with Crippen molar-refractivity contribution in [2.24, 2.45) is 31.4 Å². The molecule has 4 aliphatic heterocycles. The molecule has 4 atom stereocenters. The van der Waals surface area contributed by atoms with Gasteiger partial charge >= 0.3 is 0 Å². The second kappa shape index (κ2) is 10.4. The summed E-state index contributed by atoms with van der Waals surface area (Å²) in [5.74, 6) is -3.65. The number of aliphatic hydroxyl groups is 2. The quantitative estimate of drug-likeness (QED) is 0.119. The van der Waals surface area contributed by atoms with Gasteiger partial charge in [-0.15, -0.1) is 0 Å². The number of ether oxygens (including phenoxy) is 1. The van der Waals surface area contributed by atoms with Crippen LogP contribution in [0.5, 0.6) is 5.75 Å². The molecule has 0 radical (unpaired) electrons. The normalized spacial score (nSPS) is 28.8. The number of allylic oxidation sites excluding steroid dienone is 1. The summed E-state index contributed by atoms with van der Waals surface area (Å²) in [6.07, 6.45) is 3.82. The fourth-order valence-corrected chi connectivity index (χ4v) is 6.03. The number of amides is 2. The molecule has 0 aromatic heterocycles. The molecule has 0 saturated carbocycles. The van der Waals surface area contributed by atoms with Crippen LogP contribution in [0, 0.1) is 0 Å². The summed E-state index contributed by atoms with van der Waals surface area (Å²) >= 11 is 0. The number of guanidine groups is 2. The predicted octanol–water partition coefficient (Wildman–Crippen LogP) is -1.73. The van der Waals surface area contributed by atoms with Gasteiger partial charge < -0.3 is 47.3 Å². The van der Waals surface area contributed by atoms with Gasteiger partial charge in [0.25, 0.3) is 11.8 Å². The molecular weight excluding hydrogens is 544 g/mol. The van der Waals surface area contributed by atoms with E-state index in [0.29, 0.717) is 12.4 Å². The van der Waals surface area contributed by atoms with E-state index in [1.165, 1.54) is 11.1 Å². The van der Waals surface area contributed by atoms with E-state index in [9.17, 15) is 19.8 Å². The molecule has 1 saturated heterocycles. The van der Waals surface area contributed by atoms with Gasteiger partial charge in [0.2, 0.25) is 11.6 Å². The highest BCUT2D eigenvalue weighted by atomic mass is 16.5. The highest BCUT2D eigenvalue weighted by Crippen LogP contribution is 2.45. The summed E-state index contributed by atoms with van der Waals surface area (Å²) in [7, 11) is 0. The Hall–Kier alpha value is -4.50. The largest absolute Gasteiger partial charge is 0.492 e. The lowest BCUT2D eigenvalue weighted by Gasteiger charge is -2.49. The number of nitrogens with two attached hydrogens (primary N) is 2. The lowest BCUT2D eigenvalue weighted by molar-refractivity contribution is -0.230. The van der Waals surface area contributed by atoms with E-state index in [4.69, 9.17) is 16.2 Å². The van der Waals surface area contributed by atoms with Crippen molar-refractivity contribution in [1.29, 1.82) is 0 Å².